The van der Waals surface area contributed by atoms with Crippen molar-refractivity contribution >= 4 is 21.9 Å². The Kier molecular flexibility index (Phi) is 6.48. The predicted molar refractivity (Wildman–Crippen MR) is 76.2 cm³/mol. The fourth-order valence-corrected chi connectivity index (χ4v) is 1.95. The normalized spacial score (nSPS) is 13.9. The van der Waals surface area contributed by atoms with Crippen LogP contribution in [0.4, 0.5) is 0 Å². The lowest BCUT2D eigenvalue weighted by atomic mass is 10.1. The summed E-state index contributed by atoms with van der Waals surface area (Å²) in [6, 6.07) is 5.38. The minimum absolute atomic E-state index is 0.00581. The summed E-state index contributed by atoms with van der Waals surface area (Å²) in [6.45, 7) is 4.20. The van der Waals surface area contributed by atoms with Gasteiger partial charge in [-0.2, -0.15) is 0 Å². The summed E-state index contributed by atoms with van der Waals surface area (Å²) >= 11 is 3.38. The van der Waals surface area contributed by atoms with E-state index >= 15 is 0 Å². The van der Waals surface area contributed by atoms with Gasteiger partial charge in [-0.15, -0.1) is 0 Å². The van der Waals surface area contributed by atoms with Gasteiger partial charge in [0.1, 0.15) is 0 Å². The Morgan fingerprint density at radius 2 is 1.95 bits per heavy atom. The molecule has 0 aliphatic carbocycles. The Morgan fingerprint density at radius 1 is 1.26 bits per heavy atom. The van der Waals surface area contributed by atoms with Crippen molar-refractivity contribution in [1.82, 2.24) is 0 Å². The van der Waals surface area contributed by atoms with E-state index < -0.39 is 0 Å². The van der Waals surface area contributed by atoms with Crippen LogP contribution in [0.2, 0.25) is 0 Å². The lowest BCUT2D eigenvalue weighted by Crippen LogP contribution is -2.25. The highest BCUT2D eigenvalue weighted by Crippen LogP contribution is 2.19. The molecule has 0 aliphatic rings. The van der Waals surface area contributed by atoms with Gasteiger partial charge in [-0.3, -0.25) is 0 Å². The number of hydrogen-bond acceptors (Lipinski definition) is 4. The molecule has 0 fully saturated rings. The van der Waals surface area contributed by atoms with Crippen molar-refractivity contribution in [2.75, 3.05) is 14.2 Å². The maximum Gasteiger partial charge on any atom is 0.338 e. The van der Waals surface area contributed by atoms with Crippen molar-refractivity contribution in [1.29, 1.82) is 0 Å². The molecule has 1 rings (SSSR count). The van der Waals surface area contributed by atoms with E-state index in [-0.39, 0.29) is 18.2 Å². The van der Waals surface area contributed by atoms with E-state index in [1.807, 2.05) is 19.9 Å². The van der Waals surface area contributed by atoms with Gasteiger partial charge in [-0.05, 0) is 37.6 Å². The van der Waals surface area contributed by atoms with Crippen molar-refractivity contribution in [3.63, 3.8) is 0 Å². The molecule has 4 nitrogen and oxygen atoms in total. The molecule has 19 heavy (non-hydrogen) atoms. The van der Waals surface area contributed by atoms with Gasteiger partial charge in [0.2, 0.25) is 0 Å². The quantitative estimate of drug-likeness (QED) is 0.751. The molecule has 5 heteroatoms. The molecule has 0 bridgehead atoms. The van der Waals surface area contributed by atoms with Gasteiger partial charge in [-0.25, -0.2) is 4.79 Å². The second kappa shape index (κ2) is 7.62. The van der Waals surface area contributed by atoms with Gasteiger partial charge in [-0.1, -0.05) is 15.9 Å². The van der Waals surface area contributed by atoms with E-state index in [1.54, 1.807) is 19.2 Å². The first kappa shape index (κ1) is 16.1. The molecule has 106 valence electrons. The summed E-state index contributed by atoms with van der Waals surface area (Å²) in [6.07, 6.45) is -0.0665. The number of ether oxygens (including phenoxy) is 3. The van der Waals surface area contributed by atoms with E-state index in [9.17, 15) is 4.79 Å². The number of benzene rings is 1. The minimum atomic E-state index is -0.362. The maximum absolute atomic E-state index is 11.7. The molecule has 0 aromatic heterocycles. The molecule has 0 spiro atoms. The third-order valence-electron chi connectivity index (χ3n) is 3.01. The third kappa shape index (κ3) is 4.60. The number of hydrogen-bond donors (Lipinski definition) is 0. The molecule has 0 radical (unpaired) electrons. The Bertz CT molecular complexity index is 433. The van der Waals surface area contributed by atoms with Crippen molar-refractivity contribution in [3.05, 3.63) is 33.8 Å². The van der Waals surface area contributed by atoms with Crippen molar-refractivity contribution in [2.24, 2.45) is 0 Å². The van der Waals surface area contributed by atoms with E-state index in [2.05, 4.69) is 15.9 Å². The van der Waals surface area contributed by atoms with Crippen LogP contribution in [0.25, 0.3) is 0 Å². The van der Waals surface area contributed by atoms with Crippen LogP contribution >= 0.6 is 15.9 Å². The summed E-state index contributed by atoms with van der Waals surface area (Å²) in [7, 11) is 3.01. The third-order valence-corrected chi connectivity index (χ3v) is 3.50. The van der Waals surface area contributed by atoms with E-state index in [4.69, 9.17) is 14.2 Å². The average molecular weight is 331 g/mol. The molecule has 0 amide bonds. The Balaban J connectivity index is 2.81. The second-order valence-corrected chi connectivity index (χ2v) is 5.17. The highest BCUT2D eigenvalue weighted by molar-refractivity contribution is 9.10. The summed E-state index contributed by atoms with van der Waals surface area (Å²) in [4.78, 5) is 11.7. The fraction of sp³-hybridized carbons (Fsp3) is 0.500. The average Bonchev–Trinajstić information content (AvgIpc) is 2.43. The second-order valence-electron chi connectivity index (χ2n) is 4.25. The van der Waals surface area contributed by atoms with Gasteiger partial charge in [0.15, 0.2) is 0 Å². The fourth-order valence-electron chi connectivity index (χ4n) is 1.54. The summed E-state index contributed by atoms with van der Waals surface area (Å²) in [5.74, 6) is -0.362. The number of carbonyl (C=O) groups excluding carboxylic acids is 1. The monoisotopic (exact) mass is 330 g/mol. The first-order valence-electron chi connectivity index (χ1n) is 6.00. The lowest BCUT2D eigenvalue weighted by Gasteiger charge is -2.19. The standard InChI is InChI=1S/C14H19BrO4/c1-9(17-3)10(2)19-8-11-7-12(15)5-6-13(11)14(16)18-4/h5-7,9-10H,8H2,1-4H3/t9?,10-/m1/s1. The SMILES string of the molecule is COC(=O)c1ccc(Br)cc1CO[C@H](C)C(C)OC. The highest BCUT2D eigenvalue weighted by atomic mass is 79.9. The molecule has 1 aromatic rings. The number of halogens is 1. The molecule has 0 heterocycles. The molecule has 0 aliphatic heterocycles. The topological polar surface area (TPSA) is 44.8 Å². The smallest absolute Gasteiger partial charge is 0.338 e. The van der Waals surface area contributed by atoms with Crippen molar-refractivity contribution < 1.29 is 19.0 Å². The molecule has 1 unspecified atom stereocenters. The van der Waals surface area contributed by atoms with Crippen LogP contribution in [-0.4, -0.2) is 32.4 Å². The van der Waals surface area contributed by atoms with Crippen LogP contribution in [0.3, 0.4) is 0 Å². The number of carbonyl (C=O) groups is 1. The maximum atomic E-state index is 11.7. The molecular weight excluding hydrogens is 312 g/mol. The van der Waals surface area contributed by atoms with E-state index in [0.29, 0.717) is 12.2 Å². The Hall–Kier alpha value is -0.910. The van der Waals surface area contributed by atoms with Gasteiger partial charge >= 0.3 is 5.97 Å². The predicted octanol–water partition coefficient (Wildman–Crippen LogP) is 3.18. The zero-order chi connectivity index (χ0) is 14.4. The molecule has 2 atom stereocenters. The van der Waals surface area contributed by atoms with Gasteiger partial charge in [0.05, 0.1) is 31.5 Å². The van der Waals surface area contributed by atoms with Crippen LogP contribution in [-0.2, 0) is 20.8 Å². The minimum Gasteiger partial charge on any atom is -0.465 e. The highest BCUT2D eigenvalue weighted by Gasteiger charge is 2.16. The van der Waals surface area contributed by atoms with Gasteiger partial charge in [0, 0.05) is 11.6 Å². The first-order chi connectivity index (χ1) is 8.99. The molecule has 0 saturated carbocycles. The van der Waals surface area contributed by atoms with Crippen LogP contribution in [0.1, 0.15) is 29.8 Å². The van der Waals surface area contributed by atoms with Crippen molar-refractivity contribution in [2.45, 2.75) is 32.7 Å². The van der Waals surface area contributed by atoms with Crippen LogP contribution in [0.5, 0.6) is 0 Å². The van der Waals surface area contributed by atoms with E-state index in [1.165, 1.54) is 7.11 Å². The zero-order valence-electron chi connectivity index (χ0n) is 11.6. The largest absolute Gasteiger partial charge is 0.465 e. The lowest BCUT2D eigenvalue weighted by molar-refractivity contribution is -0.0458. The van der Waals surface area contributed by atoms with Gasteiger partial charge < -0.3 is 14.2 Å². The van der Waals surface area contributed by atoms with Crippen LogP contribution < -0.4 is 0 Å². The van der Waals surface area contributed by atoms with E-state index in [0.717, 1.165) is 10.0 Å². The Labute approximate surface area is 122 Å². The summed E-state index contributed by atoms with van der Waals surface area (Å²) in [5.41, 5.74) is 1.30. The number of esters is 1. The summed E-state index contributed by atoms with van der Waals surface area (Å²) in [5, 5.41) is 0. The molecule has 0 N–H and O–H groups in total. The number of rotatable bonds is 6. The van der Waals surface area contributed by atoms with Crippen LogP contribution in [0, 0.1) is 0 Å². The first-order valence-corrected chi connectivity index (χ1v) is 6.80. The van der Waals surface area contributed by atoms with Gasteiger partial charge in [0.25, 0.3) is 0 Å². The zero-order valence-corrected chi connectivity index (χ0v) is 13.2. The molecule has 0 saturated heterocycles. The van der Waals surface area contributed by atoms with Crippen molar-refractivity contribution in [3.8, 4) is 0 Å². The molecular formula is C14H19BrO4. The molecule has 1 aromatic carbocycles. The summed E-state index contributed by atoms with van der Waals surface area (Å²) < 4.78 is 16.6. The van der Waals surface area contributed by atoms with Crippen LogP contribution in [0.15, 0.2) is 22.7 Å². The number of methoxy groups -OCH3 is 2. The Morgan fingerprint density at radius 3 is 2.53 bits per heavy atom.